The van der Waals surface area contributed by atoms with E-state index in [2.05, 4.69) is 15.7 Å². The lowest BCUT2D eigenvalue weighted by molar-refractivity contribution is 0.175. The molecule has 0 aliphatic heterocycles. The van der Waals surface area contributed by atoms with Gasteiger partial charge in [-0.05, 0) is 34.5 Å². The molecule has 1 heterocycles. The number of nitrogens with zero attached hydrogens (tertiary/aromatic N) is 2. The number of hydrogen-bond donors (Lipinski definition) is 3. The Labute approximate surface area is 150 Å². The summed E-state index contributed by atoms with van der Waals surface area (Å²) in [5.41, 5.74) is 5.05. The van der Waals surface area contributed by atoms with Crippen LogP contribution in [0, 0.1) is 0 Å². The molecular weight excluding hydrogens is 328 g/mol. The van der Waals surface area contributed by atoms with Crippen LogP contribution in [0.4, 0.5) is 4.79 Å². The Morgan fingerprint density at radius 1 is 1.04 bits per heavy atom. The molecule has 1 aromatic heterocycles. The van der Waals surface area contributed by atoms with Crippen molar-refractivity contribution in [2.75, 3.05) is 12.0 Å². The monoisotopic (exact) mass is 346 g/mol. The fraction of sp³-hybridized carbons (Fsp3) is 0.100. The molecule has 3 N–H and O–H groups in total. The Kier molecular flexibility index (Phi) is 4.25. The smallest absolute Gasteiger partial charge is 0.334 e. The van der Waals surface area contributed by atoms with E-state index in [4.69, 9.17) is 0 Å². The number of rotatable bonds is 4. The van der Waals surface area contributed by atoms with Crippen LogP contribution in [0.1, 0.15) is 11.7 Å². The third-order valence-corrected chi connectivity index (χ3v) is 4.29. The van der Waals surface area contributed by atoms with Gasteiger partial charge in [0.25, 0.3) is 0 Å². The van der Waals surface area contributed by atoms with Crippen LogP contribution in [0.3, 0.4) is 0 Å². The molecule has 1 unspecified atom stereocenters. The van der Waals surface area contributed by atoms with Crippen molar-refractivity contribution < 1.29 is 9.90 Å². The van der Waals surface area contributed by atoms with Gasteiger partial charge in [-0.2, -0.15) is 0 Å². The van der Waals surface area contributed by atoms with E-state index in [1.807, 2.05) is 66.7 Å². The second-order valence-corrected chi connectivity index (χ2v) is 6.05. The van der Waals surface area contributed by atoms with Crippen molar-refractivity contribution >= 4 is 27.8 Å². The summed E-state index contributed by atoms with van der Waals surface area (Å²) in [6.07, 6.45) is 0.759. The molecule has 0 radical (unpaired) electrons. The highest BCUT2D eigenvalue weighted by Gasteiger charge is 2.11. The Hall–Kier alpha value is -3.38. The first-order valence-electron chi connectivity index (χ1n) is 8.34. The zero-order valence-corrected chi connectivity index (χ0v) is 14.0. The highest BCUT2D eigenvalue weighted by molar-refractivity contribution is 5.85. The lowest BCUT2D eigenvalue weighted by Gasteiger charge is -2.14. The third-order valence-electron chi connectivity index (χ3n) is 4.29. The normalized spacial score (nSPS) is 12.2. The maximum atomic E-state index is 12.1. The first-order chi connectivity index (χ1) is 12.7. The van der Waals surface area contributed by atoms with E-state index in [1.165, 1.54) is 0 Å². The molecule has 130 valence electrons. The van der Waals surface area contributed by atoms with Crippen LogP contribution in [0.25, 0.3) is 21.8 Å². The molecule has 0 aliphatic rings. The number of aliphatic hydroxyl groups excluding tert-OH is 1. The number of aliphatic hydroxyl groups is 1. The number of urea groups is 1. The SMILES string of the molecule is O=C(NCC(O)c1ccc2ccccc2c1)Nn1cnc2ccccc21. The maximum Gasteiger partial charge on any atom is 0.334 e. The van der Waals surface area contributed by atoms with Gasteiger partial charge in [-0.3, -0.25) is 0 Å². The Bertz CT molecular complexity index is 1070. The minimum absolute atomic E-state index is 0.108. The van der Waals surface area contributed by atoms with E-state index >= 15 is 0 Å². The second-order valence-electron chi connectivity index (χ2n) is 6.05. The van der Waals surface area contributed by atoms with Gasteiger partial charge in [-0.1, -0.05) is 48.5 Å². The van der Waals surface area contributed by atoms with Crippen LogP contribution in [0.5, 0.6) is 0 Å². The summed E-state index contributed by atoms with van der Waals surface area (Å²) >= 11 is 0. The topological polar surface area (TPSA) is 79.2 Å². The number of nitrogens with one attached hydrogen (secondary N) is 2. The lowest BCUT2D eigenvalue weighted by Crippen LogP contribution is -2.36. The summed E-state index contributed by atoms with van der Waals surface area (Å²) in [5.74, 6) is 0. The van der Waals surface area contributed by atoms with E-state index in [0.29, 0.717) is 0 Å². The van der Waals surface area contributed by atoms with Crippen molar-refractivity contribution in [2.45, 2.75) is 6.10 Å². The van der Waals surface area contributed by atoms with E-state index in [9.17, 15) is 9.90 Å². The molecule has 0 saturated heterocycles. The molecule has 0 saturated carbocycles. The van der Waals surface area contributed by atoms with Crippen LogP contribution >= 0.6 is 0 Å². The lowest BCUT2D eigenvalue weighted by atomic mass is 10.0. The molecule has 2 amide bonds. The molecule has 0 spiro atoms. The zero-order valence-electron chi connectivity index (χ0n) is 14.0. The van der Waals surface area contributed by atoms with Gasteiger partial charge in [0.2, 0.25) is 0 Å². The van der Waals surface area contributed by atoms with Crippen molar-refractivity contribution in [3.63, 3.8) is 0 Å². The van der Waals surface area contributed by atoms with Crippen LogP contribution in [0.2, 0.25) is 0 Å². The molecule has 0 bridgehead atoms. The molecule has 6 nitrogen and oxygen atoms in total. The highest BCUT2D eigenvalue weighted by atomic mass is 16.3. The molecule has 1 atom stereocenters. The summed E-state index contributed by atoms with van der Waals surface area (Å²) in [4.78, 5) is 16.3. The minimum Gasteiger partial charge on any atom is -0.387 e. The van der Waals surface area contributed by atoms with Gasteiger partial charge in [0, 0.05) is 6.54 Å². The summed E-state index contributed by atoms with van der Waals surface area (Å²) in [7, 11) is 0. The predicted molar refractivity (Wildman–Crippen MR) is 101 cm³/mol. The van der Waals surface area contributed by atoms with Crippen LogP contribution in [0.15, 0.2) is 73.1 Å². The van der Waals surface area contributed by atoms with E-state index in [1.54, 1.807) is 11.0 Å². The Morgan fingerprint density at radius 3 is 2.69 bits per heavy atom. The van der Waals surface area contributed by atoms with Crippen molar-refractivity contribution in [3.8, 4) is 0 Å². The van der Waals surface area contributed by atoms with Crippen molar-refractivity contribution in [1.29, 1.82) is 0 Å². The number of para-hydroxylation sites is 2. The number of aromatic nitrogens is 2. The summed E-state index contributed by atoms with van der Waals surface area (Å²) in [5, 5.41) is 15.2. The fourth-order valence-corrected chi connectivity index (χ4v) is 2.92. The molecule has 0 fully saturated rings. The number of carbonyl (C=O) groups is 1. The van der Waals surface area contributed by atoms with E-state index < -0.39 is 12.1 Å². The molecule has 3 aromatic carbocycles. The van der Waals surface area contributed by atoms with Gasteiger partial charge < -0.3 is 10.4 Å². The van der Waals surface area contributed by atoms with E-state index in [-0.39, 0.29) is 6.54 Å². The summed E-state index contributed by atoms with van der Waals surface area (Å²) < 4.78 is 1.55. The van der Waals surface area contributed by atoms with Gasteiger partial charge in [0.05, 0.1) is 17.1 Å². The minimum atomic E-state index is -0.787. The van der Waals surface area contributed by atoms with Crippen LogP contribution in [-0.4, -0.2) is 27.3 Å². The Balaban J connectivity index is 1.40. The largest absolute Gasteiger partial charge is 0.387 e. The van der Waals surface area contributed by atoms with Gasteiger partial charge in [-0.25, -0.2) is 19.9 Å². The first-order valence-corrected chi connectivity index (χ1v) is 8.34. The molecular formula is C20H18N4O2. The van der Waals surface area contributed by atoms with Crippen molar-refractivity contribution in [3.05, 3.63) is 78.6 Å². The summed E-state index contributed by atoms with van der Waals surface area (Å²) in [6.45, 7) is 0.108. The molecule has 4 rings (SSSR count). The average Bonchev–Trinajstić information content (AvgIpc) is 3.08. The first kappa shape index (κ1) is 16.1. The molecule has 4 aromatic rings. The number of amides is 2. The fourth-order valence-electron chi connectivity index (χ4n) is 2.92. The van der Waals surface area contributed by atoms with Gasteiger partial charge in [0.1, 0.15) is 6.33 Å². The van der Waals surface area contributed by atoms with Gasteiger partial charge in [-0.15, -0.1) is 0 Å². The molecule has 0 aliphatic carbocycles. The van der Waals surface area contributed by atoms with Crippen molar-refractivity contribution in [2.24, 2.45) is 0 Å². The zero-order chi connectivity index (χ0) is 17.9. The number of benzene rings is 3. The number of imidazole rings is 1. The Morgan fingerprint density at radius 2 is 1.81 bits per heavy atom. The van der Waals surface area contributed by atoms with Crippen LogP contribution in [-0.2, 0) is 0 Å². The number of carbonyl (C=O) groups excluding carboxylic acids is 1. The standard InChI is InChI=1S/C20H18N4O2/c25-19(16-10-9-14-5-1-2-6-15(14)11-16)12-21-20(26)23-24-13-22-17-7-3-4-8-18(17)24/h1-11,13,19,25H,12H2,(H2,21,23,26). The third kappa shape index (κ3) is 3.22. The molecule has 6 heteroatoms. The maximum absolute atomic E-state index is 12.1. The molecule has 26 heavy (non-hydrogen) atoms. The van der Waals surface area contributed by atoms with Crippen LogP contribution < -0.4 is 10.7 Å². The van der Waals surface area contributed by atoms with Gasteiger partial charge in [0.15, 0.2) is 0 Å². The van der Waals surface area contributed by atoms with Crippen molar-refractivity contribution in [1.82, 2.24) is 15.0 Å². The predicted octanol–water partition coefficient (Wildman–Crippen LogP) is 3.18. The quantitative estimate of drug-likeness (QED) is 0.531. The average molecular weight is 346 g/mol. The summed E-state index contributed by atoms with van der Waals surface area (Å²) in [6, 6.07) is 20.8. The number of hydrogen-bond acceptors (Lipinski definition) is 3. The van der Waals surface area contributed by atoms with E-state index in [0.717, 1.165) is 27.4 Å². The second kappa shape index (κ2) is 6.85. The highest BCUT2D eigenvalue weighted by Crippen LogP contribution is 2.20. The van der Waals surface area contributed by atoms with Gasteiger partial charge >= 0.3 is 6.03 Å². The number of fused-ring (bicyclic) bond motifs is 2.